The maximum absolute atomic E-state index is 13.9. The van der Waals surface area contributed by atoms with Crippen LogP contribution in [0.3, 0.4) is 0 Å². The highest BCUT2D eigenvalue weighted by molar-refractivity contribution is 7.92. The molecular formula is C22H19FN2O6S. The molecule has 8 nitrogen and oxygen atoms in total. The molecule has 4 rings (SSSR count). The Morgan fingerprint density at radius 1 is 1.00 bits per heavy atom. The summed E-state index contributed by atoms with van der Waals surface area (Å²) in [6.45, 7) is 0.790. The molecule has 0 atom stereocenters. The number of fused-ring (bicyclic) bond motifs is 1. The maximum Gasteiger partial charge on any atom is 0.261 e. The molecule has 1 aliphatic rings. The molecule has 0 unspecified atom stereocenters. The number of ether oxygens (including phenoxy) is 3. The zero-order chi connectivity index (χ0) is 22.7. The molecular weight excluding hydrogens is 439 g/mol. The van der Waals surface area contributed by atoms with Crippen molar-refractivity contribution in [1.29, 1.82) is 0 Å². The lowest BCUT2D eigenvalue weighted by atomic mass is 10.2. The van der Waals surface area contributed by atoms with Gasteiger partial charge < -0.3 is 19.5 Å². The predicted molar refractivity (Wildman–Crippen MR) is 116 cm³/mol. The van der Waals surface area contributed by atoms with E-state index in [1.54, 1.807) is 12.1 Å². The number of rotatable bonds is 6. The molecule has 32 heavy (non-hydrogen) atoms. The van der Waals surface area contributed by atoms with Crippen LogP contribution in [0.2, 0.25) is 0 Å². The number of anilines is 2. The second-order valence-corrected chi connectivity index (χ2v) is 8.44. The Labute approximate surface area is 184 Å². The number of hydrogen-bond acceptors (Lipinski definition) is 6. The van der Waals surface area contributed by atoms with Gasteiger partial charge in [0.25, 0.3) is 15.9 Å². The number of benzene rings is 3. The van der Waals surface area contributed by atoms with E-state index in [1.165, 1.54) is 49.6 Å². The monoisotopic (exact) mass is 458 g/mol. The number of methoxy groups -OCH3 is 1. The van der Waals surface area contributed by atoms with E-state index in [0.29, 0.717) is 24.7 Å². The van der Waals surface area contributed by atoms with Gasteiger partial charge in [-0.25, -0.2) is 12.8 Å². The summed E-state index contributed by atoms with van der Waals surface area (Å²) < 4.78 is 58.4. The SMILES string of the molecule is COc1ccc(S(=O)(=O)Nc2ccc3c(c2)OCCO3)cc1NC(=O)c1ccccc1F. The van der Waals surface area contributed by atoms with Crippen molar-refractivity contribution in [1.82, 2.24) is 0 Å². The van der Waals surface area contributed by atoms with Gasteiger partial charge in [0.15, 0.2) is 11.5 Å². The Morgan fingerprint density at radius 2 is 1.75 bits per heavy atom. The third-order valence-corrected chi connectivity index (χ3v) is 6.02. The first kappa shape index (κ1) is 21.4. The van der Waals surface area contributed by atoms with Crippen LogP contribution in [-0.4, -0.2) is 34.6 Å². The van der Waals surface area contributed by atoms with Crippen molar-refractivity contribution in [3.05, 3.63) is 72.0 Å². The molecule has 1 aliphatic heterocycles. The van der Waals surface area contributed by atoms with E-state index in [2.05, 4.69) is 10.0 Å². The minimum atomic E-state index is -4.02. The van der Waals surface area contributed by atoms with E-state index < -0.39 is 21.7 Å². The van der Waals surface area contributed by atoms with Gasteiger partial charge in [0.2, 0.25) is 0 Å². The summed E-state index contributed by atoms with van der Waals surface area (Å²) in [5, 5.41) is 2.50. The largest absolute Gasteiger partial charge is 0.495 e. The highest BCUT2D eigenvalue weighted by atomic mass is 32.2. The van der Waals surface area contributed by atoms with Crippen molar-refractivity contribution >= 4 is 27.3 Å². The number of nitrogens with one attached hydrogen (secondary N) is 2. The lowest BCUT2D eigenvalue weighted by molar-refractivity contribution is 0.102. The van der Waals surface area contributed by atoms with E-state index in [0.717, 1.165) is 6.07 Å². The highest BCUT2D eigenvalue weighted by Crippen LogP contribution is 2.34. The number of carbonyl (C=O) groups is 1. The molecule has 0 radical (unpaired) electrons. The maximum atomic E-state index is 13.9. The summed E-state index contributed by atoms with van der Waals surface area (Å²) in [6.07, 6.45) is 0. The van der Waals surface area contributed by atoms with Gasteiger partial charge in [0.1, 0.15) is 24.8 Å². The van der Waals surface area contributed by atoms with Gasteiger partial charge in [0, 0.05) is 6.07 Å². The van der Waals surface area contributed by atoms with E-state index in [9.17, 15) is 17.6 Å². The van der Waals surface area contributed by atoms with E-state index in [4.69, 9.17) is 14.2 Å². The molecule has 1 amide bonds. The Hall–Kier alpha value is -3.79. The molecule has 1 heterocycles. The van der Waals surface area contributed by atoms with Gasteiger partial charge in [-0.15, -0.1) is 0 Å². The zero-order valence-electron chi connectivity index (χ0n) is 16.9. The van der Waals surface area contributed by atoms with Crippen LogP contribution in [-0.2, 0) is 10.0 Å². The third-order valence-electron chi connectivity index (χ3n) is 4.64. The van der Waals surface area contributed by atoms with Gasteiger partial charge in [-0.2, -0.15) is 0 Å². The van der Waals surface area contributed by atoms with E-state index >= 15 is 0 Å². The molecule has 0 aliphatic carbocycles. The zero-order valence-corrected chi connectivity index (χ0v) is 17.7. The third kappa shape index (κ3) is 4.45. The second kappa shape index (κ2) is 8.75. The smallest absolute Gasteiger partial charge is 0.261 e. The number of halogens is 1. The molecule has 0 saturated carbocycles. The van der Waals surface area contributed by atoms with Gasteiger partial charge in [-0.05, 0) is 42.5 Å². The molecule has 0 fully saturated rings. The summed E-state index contributed by atoms with van der Waals surface area (Å²) in [6, 6.07) is 14.1. The van der Waals surface area contributed by atoms with Crippen LogP contribution in [0, 0.1) is 5.82 Å². The molecule has 0 aromatic heterocycles. The van der Waals surface area contributed by atoms with Gasteiger partial charge >= 0.3 is 0 Å². The van der Waals surface area contributed by atoms with Crippen molar-refractivity contribution in [2.45, 2.75) is 4.90 Å². The Balaban J connectivity index is 1.61. The van der Waals surface area contributed by atoms with E-state index in [-0.39, 0.29) is 27.6 Å². The Morgan fingerprint density at radius 3 is 2.50 bits per heavy atom. The average Bonchev–Trinajstić information content (AvgIpc) is 2.79. The fourth-order valence-corrected chi connectivity index (χ4v) is 4.18. The first-order valence-electron chi connectivity index (χ1n) is 9.54. The standard InChI is InChI=1S/C22H19FN2O6S/c1-29-19-9-7-15(13-18(19)24-22(26)16-4-2-3-5-17(16)23)32(27,28)25-14-6-8-20-21(12-14)31-11-10-30-20/h2-9,12-13,25H,10-11H2,1H3,(H,24,26). The second-order valence-electron chi connectivity index (χ2n) is 6.76. The molecule has 0 spiro atoms. The normalized spacial score (nSPS) is 12.7. The van der Waals surface area contributed by atoms with Crippen molar-refractivity contribution in [2.24, 2.45) is 0 Å². The first-order chi connectivity index (χ1) is 15.4. The quantitative estimate of drug-likeness (QED) is 0.585. The molecule has 10 heteroatoms. The lowest BCUT2D eigenvalue weighted by Crippen LogP contribution is -2.17. The predicted octanol–water partition coefficient (Wildman–Crippen LogP) is 3.66. The highest BCUT2D eigenvalue weighted by Gasteiger charge is 2.20. The molecule has 0 saturated heterocycles. The van der Waals surface area contributed by atoms with Crippen LogP contribution in [0.5, 0.6) is 17.2 Å². The van der Waals surface area contributed by atoms with E-state index in [1.807, 2.05) is 0 Å². The van der Waals surface area contributed by atoms with Crippen LogP contribution in [0.1, 0.15) is 10.4 Å². The summed E-state index contributed by atoms with van der Waals surface area (Å²) in [7, 11) is -2.65. The van der Waals surface area contributed by atoms with Crippen molar-refractivity contribution in [2.75, 3.05) is 30.4 Å². The summed E-state index contributed by atoms with van der Waals surface area (Å²) in [4.78, 5) is 12.4. The van der Waals surface area contributed by atoms with Crippen molar-refractivity contribution in [3.63, 3.8) is 0 Å². The van der Waals surface area contributed by atoms with Gasteiger partial charge in [0.05, 0.1) is 28.9 Å². The fraction of sp³-hybridized carbons (Fsp3) is 0.136. The number of sulfonamides is 1. The molecule has 166 valence electrons. The summed E-state index contributed by atoms with van der Waals surface area (Å²) >= 11 is 0. The Kier molecular flexibility index (Phi) is 5.87. The number of hydrogen-bond donors (Lipinski definition) is 2. The van der Waals surface area contributed by atoms with Crippen LogP contribution in [0.4, 0.5) is 15.8 Å². The molecule has 0 bridgehead atoms. The first-order valence-corrected chi connectivity index (χ1v) is 11.0. The van der Waals surface area contributed by atoms with Crippen LogP contribution in [0.15, 0.2) is 65.6 Å². The van der Waals surface area contributed by atoms with Crippen LogP contribution < -0.4 is 24.2 Å². The van der Waals surface area contributed by atoms with Gasteiger partial charge in [-0.1, -0.05) is 12.1 Å². The van der Waals surface area contributed by atoms with Crippen LogP contribution >= 0.6 is 0 Å². The molecule has 3 aromatic carbocycles. The minimum absolute atomic E-state index is 0.0748. The topological polar surface area (TPSA) is 103 Å². The van der Waals surface area contributed by atoms with Crippen molar-refractivity contribution < 1.29 is 31.8 Å². The van der Waals surface area contributed by atoms with Crippen molar-refractivity contribution in [3.8, 4) is 17.2 Å². The Bertz CT molecular complexity index is 1280. The molecule has 2 N–H and O–H groups in total. The lowest BCUT2D eigenvalue weighted by Gasteiger charge is -2.19. The van der Waals surface area contributed by atoms with Gasteiger partial charge in [-0.3, -0.25) is 9.52 Å². The average molecular weight is 458 g/mol. The fourth-order valence-electron chi connectivity index (χ4n) is 3.11. The number of amides is 1. The summed E-state index contributed by atoms with van der Waals surface area (Å²) in [5.41, 5.74) is 0.171. The summed E-state index contributed by atoms with van der Waals surface area (Å²) in [5.74, 6) is -0.262. The number of carbonyl (C=O) groups excluding carboxylic acids is 1. The minimum Gasteiger partial charge on any atom is -0.495 e. The molecule has 3 aromatic rings. The van der Waals surface area contributed by atoms with Crippen LogP contribution in [0.25, 0.3) is 0 Å².